The number of Topliss-reactive ketones (excluding diaryl/α,β-unsaturated/α-hetero) is 1. The van der Waals surface area contributed by atoms with E-state index in [0.717, 1.165) is 35.0 Å². The fraction of sp³-hybridized carbons (Fsp3) is 0.588. The summed E-state index contributed by atoms with van der Waals surface area (Å²) >= 11 is 3.51. The highest BCUT2D eigenvalue weighted by Crippen LogP contribution is 2.39. The van der Waals surface area contributed by atoms with Crippen molar-refractivity contribution in [1.82, 2.24) is 0 Å². The fourth-order valence-electron chi connectivity index (χ4n) is 2.88. The minimum Gasteiger partial charge on any atom is -0.492 e. The molecule has 2 nitrogen and oxygen atoms in total. The normalized spacial score (nSPS) is 17.8. The number of ketones is 1. The molecule has 0 saturated heterocycles. The zero-order valence-electron chi connectivity index (χ0n) is 12.4. The highest BCUT2D eigenvalue weighted by Gasteiger charge is 2.35. The lowest BCUT2D eigenvalue weighted by Gasteiger charge is -2.32. The molecule has 1 aromatic rings. The first kappa shape index (κ1) is 15.6. The van der Waals surface area contributed by atoms with Crippen molar-refractivity contribution in [2.45, 2.75) is 52.4 Å². The molecule has 1 aliphatic rings. The van der Waals surface area contributed by atoms with Gasteiger partial charge in [0.1, 0.15) is 5.75 Å². The first-order valence-corrected chi connectivity index (χ1v) is 8.33. The molecule has 0 amide bonds. The average molecular weight is 339 g/mol. The van der Waals surface area contributed by atoms with E-state index in [-0.39, 0.29) is 11.2 Å². The van der Waals surface area contributed by atoms with Crippen LogP contribution in [0.1, 0.15) is 62.7 Å². The molecule has 0 aliphatic heterocycles. The van der Waals surface area contributed by atoms with E-state index >= 15 is 0 Å². The predicted molar refractivity (Wildman–Crippen MR) is 85.5 cm³/mol. The van der Waals surface area contributed by atoms with Gasteiger partial charge in [-0.3, -0.25) is 4.79 Å². The van der Waals surface area contributed by atoms with E-state index < -0.39 is 0 Å². The van der Waals surface area contributed by atoms with Crippen LogP contribution in [0, 0.1) is 5.41 Å². The van der Waals surface area contributed by atoms with Crippen molar-refractivity contribution in [1.29, 1.82) is 0 Å². The van der Waals surface area contributed by atoms with Gasteiger partial charge in [-0.1, -0.05) is 33.1 Å². The summed E-state index contributed by atoms with van der Waals surface area (Å²) in [6.07, 6.45) is 6.60. The first-order valence-electron chi connectivity index (χ1n) is 7.54. The molecule has 1 fully saturated rings. The number of carbonyl (C=O) groups excluding carboxylic acids is 1. The van der Waals surface area contributed by atoms with Crippen LogP contribution in [0.2, 0.25) is 0 Å². The van der Waals surface area contributed by atoms with E-state index in [9.17, 15) is 4.79 Å². The molecule has 0 bridgehead atoms. The van der Waals surface area contributed by atoms with Crippen LogP contribution < -0.4 is 4.74 Å². The standard InChI is InChI=1S/C17H23BrO2/c1-3-11-20-15-8-7-13(12-14(15)18)16(19)17(2)9-5-4-6-10-17/h7-8,12H,3-6,9-11H2,1-2H3. The Morgan fingerprint density at radius 1 is 1.30 bits per heavy atom. The second-order valence-electron chi connectivity index (χ2n) is 5.94. The molecule has 0 unspecified atom stereocenters. The van der Waals surface area contributed by atoms with Crippen LogP contribution >= 0.6 is 15.9 Å². The minimum atomic E-state index is -0.177. The summed E-state index contributed by atoms with van der Waals surface area (Å²) in [6, 6.07) is 5.71. The molecule has 1 aliphatic carbocycles. The van der Waals surface area contributed by atoms with Crippen LogP contribution in [0.3, 0.4) is 0 Å². The second kappa shape index (κ2) is 6.75. The molecule has 2 rings (SSSR count). The van der Waals surface area contributed by atoms with Gasteiger partial charge >= 0.3 is 0 Å². The number of carbonyl (C=O) groups is 1. The molecule has 1 aromatic carbocycles. The van der Waals surface area contributed by atoms with Gasteiger partial charge in [0, 0.05) is 11.0 Å². The van der Waals surface area contributed by atoms with E-state index in [4.69, 9.17) is 4.74 Å². The van der Waals surface area contributed by atoms with E-state index in [1.54, 1.807) is 0 Å². The van der Waals surface area contributed by atoms with Crippen LogP contribution in [-0.2, 0) is 0 Å². The molecule has 20 heavy (non-hydrogen) atoms. The molecule has 0 heterocycles. The highest BCUT2D eigenvalue weighted by molar-refractivity contribution is 9.10. The Morgan fingerprint density at radius 2 is 2.00 bits per heavy atom. The smallest absolute Gasteiger partial charge is 0.168 e. The maximum absolute atomic E-state index is 12.7. The number of hydrogen-bond acceptors (Lipinski definition) is 2. The number of rotatable bonds is 5. The molecular weight excluding hydrogens is 316 g/mol. The summed E-state index contributed by atoms with van der Waals surface area (Å²) in [7, 11) is 0. The molecule has 0 radical (unpaired) electrons. The van der Waals surface area contributed by atoms with E-state index in [0.29, 0.717) is 6.61 Å². The number of halogens is 1. The van der Waals surface area contributed by atoms with Gasteiger partial charge in [-0.25, -0.2) is 0 Å². The molecule has 1 saturated carbocycles. The van der Waals surface area contributed by atoms with Crippen molar-refractivity contribution < 1.29 is 9.53 Å². The fourth-order valence-corrected chi connectivity index (χ4v) is 3.37. The first-order chi connectivity index (χ1) is 9.57. The van der Waals surface area contributed by atoms with Crippen LogP contribution in [-0.4, -0.2) is 12.4 Å². The van der Waals surface area contributed by atoms with E-state index in [2.05, 4.69) is 29.8 Å². The third-order valence-corrected chi connectivity index (χ3v) is 4.78. The van der Waals surface area contributed by atoms with E-state index in [1.165, 1.54) is 19.3 Å². The predicted octanol–water partition coefficient (Wildman–Crippen LogP) is 5.39. The SMILES string of the molecule is CCCOc1ccc(C(=O)C2(C)CCCCC2)cc1Br. The average Bonchev–Trinajstić information content (AvgIpc) is 2.46. The quantitative estimate of drug-likeness (QED) is 0.672. The lowest BCUT2D eigenvalue weighted by atomic mass is 9.71. The van der Waals surface area contributed by atoms with Crippen LogP contribution in [0.5, 0.6) is 5.75 Å². The summed E-state index contributed by atoms with van der Waals surface area (Å²) in [5.41, 5.74) is 0.619. The molecule has 0 N–H and O–H groups in total. The van der Waals surface area contributed by atoms with Crippen molar-refractivity contribution in [3.05, 3.63) is 28.2 Å². The molecular formula is C17H23BrO2. The molecule has 0 atom stereocenters. The Balaban J connectivity index is 2.16. The summed E-state index contributed by atoms with van der Waals surface area (Å²) in [5, 5.41) is 0. The van der Waals surface area contributed by atoms with Crippen molar-refractivity contribution in [2.75, 3.05) is 6.61 Å². The molecule has 110 valence electrons. The van der Waals surface area contributed by atoms with Gasteiger partial charge in [0.25, 0.3) is 0 Å². The highest BCUT2D eigenvalue weighted by atomic mass is 79.9. The molecule has 0 aromatic heterocycles. The maximum atomic E-state index is 12.7. The Hall–Kier alpha value is -0.830. The van der Waals surface area contributed by atoms with Gasteiger partial charge in [-0.05, 0) is 53.4 Å². The Kier molecular flexibility index (Phi) is 5.25. The van der Waals surface area contributed by atoms with Crippen molar-refractivity contribution in [3.8, 4) is 5.75 Å². The number of ether oxygens (including phenoxy) is 1. The Bertz CT molecular complexity index is 476. The topological polar surface area (TPSA) is 26.3 Å². The lowest BCUT2D eigenvalue weighted by Crippen LogP contribution is -2.30. The third-order valence-electron chi connectivity index (χ3n) is 4.16. The van der Waals surface area contributed by atoms with Crippen LogP contribution in [0.25, 0.3) is 0 Å². The summed E-state index contributed by atoms with van der Waals surface area (Å²) in [6.45, 7) is 4.89. The van der Waals surface area contributed by atoms with Gasteiger partial charge in [-0.15, -0.1) is 0 Å². The van der Waals surface area contributed by atoms with Gasteiger partial charge in [-0.2, -0.15) is 0 Å². The summed E-state index contributed by atoms with van der Waals surface area (Å²) < 4.78 is 6.50. The van der Waals surface area contributed by atoms with Gasteiger partial charge in [0.05, 0.1) is 11.1 Å². The zero-order valence-corrected chi connectivity index (χ0v) is 14.0. The van der Waals surface area contributed by atoms with Gasteiger partial charge < -0.3 is 4.74 Å². The van der Waals surface area contributed by atoms with Crippen molar-refractivity contribution in [2.24, 2.45) is 5.41 Å². The largest absolute Gasteiger partial charge is 0.492 e. The second-order valence-corrected chi connectivity index (χ2v) is 6.80. The zero-order chi connectivity index (χ0) is 14.6. The minimum absolute atomic E-state index is 0.177. The molecule has 3 heteroatoms. The lowest BCUT2D eigenvalue weighted by molar-refractivity contribution is 0.0749. The Morgan fingerprint density at radius 3 is 2.60 bits per heavy atom. The van der Waals surface area contributed by atoms with E-state index in [1.807, 2.05) is 18.2 Å². The van der Waals surface area contributed by atoms with Crippen molar-refractivity contribution >= 4 is 21.7 Å². The third kappa shape index (κ3) is 3.43. The maximum Gasteiger partial charge on any atom is 0.168 e. The molecule has 0 spiro atoms. The van der Waals surface area contributed by atoms with Gasteiger partial charge in [0.2, 0.25) is 0 Å². The summed E-state index contributed by atoms with van der Waals surface area (Å²) in [5.74, 6) is 1.09. The van der Waals surface area contributed by atoms with Crippen LogP contribution in [0.15, 0.2) is 22.7 Å². The summed E-state index contributed by atoms with van der Waals surface area (Å²) in [4.78, 5) is 12.7. The van der Waals surface area contributed by atoms with Crippen molar-refractivity contribution in [3.63, 3.8) is 0 Å². The number of benzene rings is 1. The van der Waals surface area contributed by atoms with Crippen LogP contribution in [0.4, 0.5) is 0 Å². The van der Waals surface area contributed by atoms with Gasteiger partial charge in [0.15, 0.2) is 5.78 Å². The Labute approximate surface area is 130 Å². The number of hydrogen-bond donors (Lipinski definition) is 0. The monoisotopic (exact) mass is 338 g/mol.